The van der Waals surface area contributed by atoms with Crippen molar-refractivity contribution >= 4 is 36.7 Å². The molecular weight excluding hydrogens is 515 g/mol. The molecule has 0 saturated carbocycles. The van der Waals surface area contributed by atoms with Crippen molar-refractivity contribution in [2.24, 2.45) is 0 Å². The van der Waals surface area contributed by atoms with Gasteiger partial charge in [0.1, 0.15) is 0 Å². The molecule has 0 fully saturated rings. The molecule has 0 radical (unpaired) electrons. The normalized spacial score (nSPS) is 12.5. The van der Waals surface area contributed by atoms with Crippen molar-refractivity contribution in [3.63, 3.8) is 0 Å². The van der Waals surface area contributed by atoms with E-state index >= 15 is 0 Å². The van der Waals surface area contributed by atoms with Gasteiger partial charge >= 0.3 is 219 Å². The topological polar surface area (TPSA) is 18.5 Å². The van der Waals surface area contributed by atoms with Gasteiger partial charge in [0.05, 0.1) is 0 Å². The monoisotopic (exact) mass is 548 g/mol. The van der Waals surface area contributed by atoms with Crippen LogP contribution in [-0.2, 0) is 6.16 Å². The molecule has 0 heterocycles. The maximum absolute atomic E-state index is 6.16. The third kappa shape index (κ3) is 5.17. The van der Waals surface area contributed by atoms with Crippen LogP contribution in [0.5, 0.6) is 11.5 Å². The van der Waals surface area contributed by atoms with Gasteiger partial charge in [0.15, 0.2) is 0 Å². The molecule has 2 nitrogen and oxygen atoms in total. The summed E-state index contributed by atoms with van der Waals surface area (Å²) in [5, 5.41) is 0.845. The van der Waals surface area contributed by atoms with Gasteiger partial charge in [0, 0.05) is 0 Å². The summed E-state index contributed by atoms with van der Waals surface area (Å²) in [6.45, 7) is 5.59. The van der Waals surface area contributed by atoms with E-state index in [0.717, 1.165) is 30.5 Å². The third-order valence-corrected chi connectivity index (χ3v) is 15.8. The zero-order chi connectivity index (χ0) is 24.6. The molecule has 35 heavy (non-hydrogen) atoms. The zero-order valence-electron chi connectivity index (χ0n) is 20.6. The van der Waals surface area contributed by atoms with Gasteiger partial charge in [-0.25, -0.2) is 0 Å². The van der Waals surface area contributed by atoms with Crippen LogP contribution in [0.25, 0.3) is 0 Å². The first-order chi connectivity index (χ1) is 17.1. The van der Waals surface area contributed by atoms with Gasteiger partial charge in [-0.3, -0.25) is 0 Å². The van der Waals surface area contributed by atoms with Crippen LogP contribution >= 0.6 is 20.8 Å². The van der Waals surface area contributed by atoms with E-state index in [4.69, 9.17) is 9.47 Å². The van der Waals surface area contributed by atoms with Crippen molar-refractivity contribution in [3.05, 3.63) is 115 Å². The standard InChI is InChI=1S/C31H34BrO2P/c1-3-22-33-30-21-20-26(24-31(30)34-23-4-2)25-35(32,27-14-8-5-9-15-27,28-16-10-6-11-17-28)29-18-12-7-13-19-29/h5-21,24H,3-4,22-23,25H2,1-2H3. The molecule has 0 amide bonds. The SMILES string of the molecule is CCCOc1ccc(CP(Br)(c2ccccc2)(c2ccccc2)c2ccccc2)cc1OCCC. The Morgan fingerprint density at radius 3 is 1.43 bits per heavy atom. The number of benzene rings is 4. The first kappa shape index (κ1) is 25.5. The summed E-state index contributed by atoms with van der Waals surface area (Å²) in [5.41, 5.74) is 1.21. The second-order valence-corrected chi connectivity index (χ2v) is 17.8. The number of rotatable bonds is 11. The Hall–Kier alpha value is -2.61. The van der Waals surface area contributed by atoms with Gasteiger partial charge in [0.2, 0.25) is 0 Å². The fraction of sp³-hybridized carbons (Fsp3) is 0.226. The van der Waals surface area contributed by atoms with E-state index in [2.05, 4.69) is 139 Å². The van der Waals surface area contributed by atoms with Crippen LogP contribution in [0.3, 0.4) is 0 Å². The van der Waals surface area contributed by atoms with Crippen molar-refractivity contribution in [2.45, 2.75) is 32.9 Å². The first-order valence-electron chi connectivity index (χ1n) is 12.4. The minimum absolute atomic E-state index is 0.667. The van der Waals surface area contributed by atoms with E-state index in [1.54, 1.807) is 0 Å². The summed E-state index contributed by atoms with van der Waals surface area (Å²) >= 11 is 4.55. The second kappa shape index (κ2) is 11.4. The number of halogens is 1. The quantitative estimate of drug-likeness (QED) is 0.179. The fourth-order valence-corrected chi connectivity index (χ4v) is 12.3. The Bertz CT molecular complexity index is 1110. The van der Waals surface area contributed by atoms with Crippen LogP contribution in [0.4, 0.5) is 0 Å². The average Bonchev–Trinajstić information content (AvgIpc) is 2.93. The summed E-state index contributed by atoms with van der Waals surface area (Å²) in [6, 6.07) is 39.1. The predicted molar refractivity (Wildman–Crippen MR) is 156 cm³/mol. The van der Waals surface area contributed by atoms with E-state index in [-0.39, 0.29) is 0 Å². The summed E-state index contributed by atoms with van der Waals surface area (Å²) < 4.78 is 12.2. The molecule has 0 atom stereocenters. The van der Waals surface area contributed by atoms with E-state index in [1.165, 1.54) is 21.5 Å². The van der Waals surface area contributed by atoms with Gasteiger partial charge in [-0.15, -0.1) is 0 Å². The van der Waals surface area contributed by atoms with Crippen molar-refractivity contribution in [3.8, 4) is 11.5 Å². The number of hydrogen-bond acceptors (Lipinski definition) is 2. The molecule has 182 valence electrons. The van der Waals surface area contributed by atoms with Crippen LogP contribution < -0.4 is 25.4 Å². The van der Waals surface area contributed by atoms with Gasteiger partial charge < -0.3 is 0 Å². The molecule has 4 rings (SSSR count). The van der Waals surface area contributed by atoms with Gasteiger partial charge in [-0.2, -0.15) is 0 Å². The van der Waals surface area contributed by atoms with Gasteiger partial charge in [-0.1, -0.05) is 0 Å². The third-order valence-electron chi connectivity index (χ3n) is 6.29. The first-order valence-corrected chi connectivity index (χ1v) is 16.8. The predicted octanol–water partition coefficient (Wildman–Crippen LogP) is 7.60. The average molecular weight is 549 g/mol. The maximum atomic E-state index is 6.16. The molecule has 0 spiro atoms. The second-order valence-electron chi connectivity index (χ2n) is 8.83. The molecule has 4 aromatic rings. The molecule has 0 aliphatic carbocycles. The van der Waals surface area contributed by atoms with Crippen LogP contribution in [0.2, 0.25) is 0 Å². The van der Waals surface area contributed by atoms with Crippen molar-refractivity contribution in [1.82, 2.24) is 0 Å². The fourth-order valence-electron chi connectivity index (χ4n) is 4.59. The van der Waals surface area contributed by atoms with E-state index < -0.39 is 5.31 Å². The molecule has 0 aliphatic heterocycles. The number of ether oxygens (including phenoxy) is 2. The molecule has 4 aromatic carbocycles. The van der Waals surface area contributed by atoms with Crippen molar-refractivity contribution in [2.75, 3.05) is 13.2 Å². The summed E-state index contributed by atoms with van der Waals surface area (Å²) in [4.78, 5) is 0. The number of hydrogen-bond donors (Lipinski definition) is 0. The van der Waals surface area contributed by atoms with Crippen molar-refractivity contribution < 1.29 is 9.47 Å². The molecule has 4 heteroatoms. The Labute approximate surface area is 218 Å². The van der Waals surface area contributed by atoms with Crippen LogP contribution in [-0.4, -0.2) is 13.2 Å². The van der Waals surface area contributed by atoms with Gasteiger partial charge in [0.25, 0.3) is 0 Å². The summed E-state index contributed by atoms with van der Waals surface area (Å²) in [5.74, 6) is 1.64. The van der Waals surface area contributed by atoms with Crippen LogP contribution in [0.15, 0.2) is 109 Å². The van der Waals surface area contributed by atoms with Crippen molar-refractivity contribution in [1.29, 1.82) is 0 Å². The van der Waals surface area contributed by atoms with Crippen LogP contribution in [0, 0.1) is 0 Å². The van der Waals surface area contributed by atoms with Crippen LogP contribution in [0.1, 0.15) is 32.3 Å². The summed E-state index contributed by atoms with van der Waals surface area (Å²) in [6.07, 6.45) is 2.73. The Balaban J connectivity index is 1.94. The Kier molecular flexibility index (Phi) is 8.31. The molecule has 0 aliphatic rings. The zero-order valence-corrected chi connectivity index (χ0v) is 23.0. The molecular formula is C31H34BrO2P. The minimum atomic E-state index is -3.07. The molecule has 0 N–H and O–H groups in total. The Morgan fingerprint density at radius 2 is 1.00 bits per heavy atom. The Morgan fingerprint density at radius 1 is 0.571 bits per heavy atom. The molecule has 0 bridgehead atoms. The van der Waals surface area contributed by atoms with Gasteiger partial charge in [-0.05, 0) is 0 Å². The molecule has 0 unspecified atom stereocenters. The van der Waals surface area contributed by atoms with E-state index in [1.807, 2.05) is 0 Å². The molecule has 0 saturated heterocycles. The van der Waals surface area contributed by atoms with E-state index in [9.17, 15) is 0 Å². The summed E-state index contributed by atoms with van der Waals surface area (Å²) in [7, 11) is 0. The van der Waals surface area contributed by atoms with E-state index in [0.29, 0.717) is 13.2 Å². The molecule has 0 aromatic heterocycles.